The molecule has 88 valence electrons. The van der Waals surface area contributed by atoms with Gasteiger partial charge in [0.2, 0.25) is 5.17 Å². The van der Waals surface area contributed by atoms with Gasteiger partial charge in [0.15, 0.2) is 0 Å². The normalized spacial score (nSPS) is 19.4. The molecular formula is C13H15N3S. The van der Waals surface area contributed by atoms with E-state index in [4.69, 9.17) is 0 Å². The predicted octanol–water partition coefficient (Wildman–Crippen LogP) is 3.75. The molecule has 0 saturated carbocycles. The van der Waals surface area contributed by atoms with Crippen molar-refractivity contribution in [3.05, 3.63) is 29.3 Å². The molecule has 0 atom stereocenters. The Morgan fingerprint density at radius 3 is 2.94 bits per heavy atom. The van der Waals surface area contributed by atoms with Crippen LogP contribution in [0.5, 0.6) is 0 Å². The van der Waals surface area contributed by atoms with E-state index in [0.29, 0.717) is 0 Å². The molecule has 0 aromatic heterocycles. The van der Waals surface area contributed by atoms with Crippen molar-refractivity contribution >= 4 is 22.6 Å². The molecule has 3 rings (SSSR count). The average molecular weight is 245 g/mol. The summed E-state index contributed by atoms with van der Waals surface area (Å²) in [6, 6.07) is 6.37. The van der Waals surface area contributed by atoms with Crippen molar-refractivity contribution in [2.45, 2.75) is 25.7 Å². The molecule has 17 heavy (non-hydrogen) atoms. The van der Waals surface area contributed by atoms with Crippen LogP contribution in [-0.4, -0.2) is 17.5 Å². The van der Waals surface area contributed by atoms with Crippen LogP contribution in [0.25, 0.3) is 0 Å². The third kappa shape index (κ3) is 2.41. The average Bonchev–Trinajstić information content (AvgIpc) is 2.89. The van der Waals surface area contributed by atoms with E-state index in [1.165, 1.54) is 30.4 Å². The quantitative estimate of drug-likeness (QED) is 0.694. The second kappa shape index (κ2) is 5.00. The molecular weight excluding hydrogens is 230 g/mol. The lowest BCUT2D eigenvalue weighted by Crippen LogP contribution is -2.02. The summed E-state index contributed by atoms with van der Waals surface area (Å²) in [7, 11) is 0. The van der Waals surface area contributed by atoms with Crippen LogP contribution in [0.1, 0.15) is 24.0 Å². The van der Waals surface area contributed by atoms with Crippen molar-refractivity contribution in [2.75, 3.05) is 12.3 Å². The van der Waals surface area contributed by atoms with E-state index in [1.807, 2.05) is 0 Å². The van der Waals surface area contributed by atoms with Gasteiger partial charge in [0, 0.05) is 5.75 Å². The number of hydrogen-bond donors (Lipinski definition) is 0. The highest BCUT2D eigenvalue weighted by Crippen LogP contribution is 2.30. The maximum atomic E-state index is 4.37. The molecule has 0 radical (unpaired) electrons. The van der Waals surface area contributed by atoms with Gasteiger partial charge < -0.3 is 0 Å². The Morgan fingerprint density at radius 1 is 1.12 bits per heavy atom. The van der Waals surface area contributed by atoms with E-state index < -0.39 is 0 Å². The van der Waals surface area contributed by atoms with Crippen molar-refractivity contribution in [3.8, 4) is 0 Å². The third-order valence-electron chi connectivity index (χ3n) is 3.18. The fraction of sp³-hybridized carbons (Fsp3) is 0.462. The number of benzene rings is 1. The van der Waals surface area contributed by atoms with Crippen LogP contribution in [0.2, 0.25) is 0 Å². The Balaban J connectivity index is 1.87. The van der Waals surface area contributed by atoms with Gasteiger partial charge in [0.1, 0.15) is 0 Å². The number of aliphatic imine (C=N–C) groups is 1. The molecule has 0 amide bonds. The summed E-state index contributed by atoms with van der Waals surface area (Å²) < 4.78 is 0. The molecule has 1 aliphatic heterocycles. The monoisotopic (exact) mass is 245 g/mol. The van der Waals surface area contributed by atoms with E-state index in [9.17, 15) is 0 Å². The predicted molar refractivity (Wildman–Crippen MR) is 72.4 cm³/mol. The van der Waals surface area contributed by atoms with Gasteiger partial charge in [0.05, 0.1) is 12.2 Å². The van der Waals surface area contributed by atoms with Gasteiger partial charge in [0.25, 0.3) is 0 Å². The molecule has 0 N–H and O–H groups in total. The first kappa shape index (κ1) is 11.0. The largest absolute Gasteiger partial charge is 0.258 e. The number of fused-ring (bicyclic) bond motifs is 1. The van der Waals surface area contributed by atoms with Gasteiger partial charge in [-0.15, -0.1) is 10.2 Å². The molecule has 0 saturated heterocycles. The molecule has 0 fully saturated rings. The topological polar surface area (TPSA) is 37.1 Å². The zero-order chi connectivity index (χ0) is 11.5. The smallest absolute Gasteiger partial charge is 0.204 e. The fourth-order valence-corrected chi connectivity index (χ4v) is 2.98. The van der Waals surface area contributed by atoms with E-state index in [1.54, 1.807) is 11.8 Å². The van der Waals surface area contributed by atoms with Crippen LogP contribution in [0.3, 0.4) is 0 Å². The van der Waals surface area contributed by atoms with Gasteiger partial charge in [-0.2, -0.15) is 0 Å². The zero-order valence-corrected chi connectivity index (χ0v) is 10.5. The van der Waals surface area contributed by atoms with Gasteiger partial charge in [-0.3, -0.25) is 4.99 Å². The molecule has 1 aromatic rings. The summed E-state index contributed by atoms with van der Waals surface area (Å²) in [6.07, 6.45) is 4.91. The summed E-state index contributed by atoms with van der Waals surface area (Å²) in [5.74, 6) is 1.04. The highest BCUT2D eigenvalue weighted by molar-refractivity contribution is 8.14. The first-order valence-electron chi connectivity index (χ1n) is 6.13. The number of hydrogen-bond acceptors (Lipinski definition) is 4. The maximum absolute atomic E-state index is 4.37. The Labute approximate surface area is 105 Å². The third-order valence-corrected chi connectivity index (χ3v) is 4.04. The highest BCUT2D eigenvalue weighted by Gasteiger charge is 2.13. The molecule has 2 aliphatic rings. The van der Waals surface area contributed by atoms with E-state index in [2.05, 4.69) is 33.4 Å². The molecule has 0 unspecified atom stereocenters. The first-order valence-corrected chi connectivity index (χ1v) is 7.12. The summed E-state index contributed by atoms with van der Waals surface area (Å²) in [4.78, 5) is 4.28. The van der Waals surface area contributed by atoms with Crippen LogP contribution in [-0.2, 0) is 12.8 Å². The maximum Gasteiger partial charge on any atom is 0.204 e. The number of thioether (sulfide) groups is 1. The second-order valence-electron chi connectivity index (χ2n) is 4.33. The minimum atomic E-state index is 0.832. The van der Waals surface area contributed by atoms with Crippen molar-refractivity contribution in [1.29, 1.82) is 0 Å². The molecule has 0 bridgehead atoms. The second-order valence-corrected chi connectivity index (χ2v) is 5.40. The van der Waals surface area contributed by atoms with E-state index in [0.717, 1.165) is 29.6 Å². The number of azo groups is 1. The molecule has 3 nitrogen and oxygen atoms in total. The first-order chi connectivity index (χ1) is 8.43. The highest BCUT2D eigenvalue weighted by atomic mass is 32.2. The van der Waals surface area contributed by atoms with Crippen molar-refractivity contribution in [1.82, 2.24) is 0 Å². The molecule has 1 aliphatic carbocycles. The number of aryl methyl sites for hydroxylation is 1. The molecule has 1 heterocycles. The van der Waals surface area contributed by atoms with Crippen molar-refractivity contribution in [3.63, 3.8) is 0 Å². The summed E-state index contributed by atoms with van der Waals surface area (Å²) in [6.45, 7) is 0.881. The molecule has 1 aromatic carbocycles. The lowest BCUT2D eigenvalue weighted by Gasteiger charge is -2.16. The van der Waals surface area contributed by atoms with Gasteiger partial charge >= 0.3 is 0 Å². The van der Waals surface area contributed by atoms with Crippen LogP contribution < -0.4 is 0 Å². The van der Waals surface area contributed by atoms with Crippen molar-refractivity contribution in [2.24, 2.45) is 15.2 Å². The van der Waals surface area contributed by atoms with Crippen molar-refractivity contribution < 1.29 is 0 Å². The van der Waals surface area contributed by atoms with Gasteiger partial charge in [-0.25, -0.2) is 0 Å². The minimum absolute atomic E-state index is 0.832. The number of amidine groups is 1. The standard InChI is InChI=1S/C13H15N3S/c1-2-6-11-10(4-1)5-3-7-12(11)15-16-13-14-8-9-17-13/h3,5,7H,1-2,4,6,8-9H2/b16-15+. The molecule has 0 spiro atoms. The van der Waals surface area contributed by atoms with Gasteiger partial charge in [-0.05, 0) is 42.9 Å². The Morgan fingerprint density at radius 2 is 2.06 bits per heavy atom. The summed E-state index contributed by atoms with van der Waals surface area (Å²) in [5, 5.41) is 9.45. The SMILES string of the molecule is c1cc2c(c(/N=N/C3=NCCS3)c1)CCCC2. The Hall–Kier alpha value is -1.16. The van der Waals surface area contributed by atoms with Gasteiger partial charge in [-0.1, -0.05) is 23.9 Å². The Bertz CT molecular complexity index is 480. The number of rotatable bonds is 1. The van der Waals surface area contributed by atoms with E-state index in [-0.39, 0.29) is 0 Å². The minimum Gasteiger partial charge on any atom is -0.258 e. The van der Waals surface area contributed by atoms with Crippen LogP contribution in [0, 0.1) is 0 Å². The van der Waals surface area contributed by atoms with E-state index >= 15 is 0 Å². The fourth-order valence-electron chi connectivity index (χ4n) is 2.34. The summed E-state index contributed by atoms with van der Waals surface area (Å²) >= 11 is 1.69. The lowest BCUT2D eigenvalue weighted by atomic mass is 9.91. The summed E-state index contributed by atoms with van der Waals surface area (Å²) in [5.41, 5.74) is 3.89. The van der Waals surface area contributed by atoms with Crippen LogP contribution in [0.15, 0.2) is 33.4 Å². The Kier molecular flexibility index (Phi) is 3.22. The zero-order valence-electron chi connectivity index (χ0n) is 9.72. The van der Waals surface area contributed by atoms with Crippen LogP contribution in [0.4, 0.5) is 5.69 Å². The lowest BCUT2D eigenvalue weighted by molar-refractivity contribution is 0.686. The van der Waals surface area contributed by atoms with Crippen LogP contribution >= 0.6 is 11.8 Å². The number of nitrogens with zero attached hydrogens (tertiary/aromatic N) is 3. The molecule has 4 heteroatoms.